The van der Waals surface area contributed by atoms with E-state index in [0.717, 1.165) is 22.3 Å². The summed E-state index contributed by atoms with van der Waals surface area (Å²) in [5.41, 5.74) is 9.88. The first-order valence-electron chi connectivity index (χ1n) is 6.61. The molecule has 0 bridgehead atoms. The topological polar surface area (TPSA) is 62.3 Å². The standard InChI is InChI=1S/C16H17N3O2/c1-10-5-4-6-11(7-10)19-13-9-15(21-3)14(20-2)8-12(13)18-16(19)17/h4-9H,1-3H3,(H2,17,18). The molecule has 21 heavy (non-hydrogen) atoms. The van der Waals surface area contributed by atoms with Crippen molar-refractivity contribution in [2.24, 2.45) is 0 Å². The molecule has 5 heteroatoms. The molecule has 1 heterocycles. The third kappa shape index (κ3) is 2.16. The molecule has 0 saturated heterocycles. The van der Waals surface area contributed by atoms with Crippen molar-refractivity contribution in [2.75, 3.05) is 20.0 Å². The molecule has 0 spiro atoms. The summed E-state index contributed by atoms with van der Waals surface area (Å²) < 4.78 is 12.6. The number of ether oxygens (including phenoxy) is 2. The van der Waals surface area contributed by atoms with E-state index in [2.05, 4.69) is 11.1 Å². The van der Waals surface area contributed by atoms with E-state index < -0.39 is 0 Å². The summed E-state index contributed by atoms with van der Waals surface area (Å²) in [6, 6.07) is 11.8. The minimum Gasteiger partial charge on any atom is -0.493 e. The summed E-state index contributed by atoms with van der Waals surface area (Å²) in [6.45, 7) is 2.04. The molecule has 0 saturated carbocycles. The average Bonchev–Trinajstić information content (AvgIpc) is 2.80. The van der Waals surface area contributed by atoms with Gasteiger partial charge in [-0.2, -0.15) is 0 Å². The van der Waals surface area contributed by atoms with Gasteiger partial charge in [0.05, 0.1) is 25.3 Å². The van der Waals surface area contributed by atoms with Crippen LogP contribution in [0.15, 0.2) is 36.4 Å². The zero-order valence-corrected chi connectivity index (χ0v) is 12.3. The van der Waals surface area contributed by atoms with Crippen LogP contribution in [0.2, 0.25) is 0 Å². The Hall–Kier alpha value is -2.69. The maximum absolute atomic E-state index is 6.09. The van der Waals surface area contributed by atoms with Gasteiger partial charge < -0.3 is 15.2 Å². The molecule has 0 unspecified atom stereocenters. The highest BCUT2D eigenvalue weighted by atomic mass is 16.5. The lowest BCUT2D eigenvalue weighted by molar-refractivity contribution is 0.355. The van der Waals surface area contributed by atoms with Gasteiger partial charge in [-0.3, -0.25) is 4.57 Å². The Balaban J connectivity index is 2.30. The number of hydrogen-bond donors (Lipinski definition) is 1. The van der Waals surface area contributed by atoms with Crippen molar-refractivity contribution in [3.05, 3.63) is 42.0 Å². The molecule has 0 aliphatic carbocycles. The Morgan fingerprint density at radius 2 is 1.76 bits per heavy atom. The summed E-state index contributed by atoms with van der Waals surface area (Å²) in [5, 5.41) is 0. The summed E-state index contributed by atoms with van der Waals surface area (Å²) in [4.78, 5) is 4.41. The van der Waals surface area contributed by atoms with E-state index in [0.29, 0.717) is 17.4 Å². The molecule has 0 fully saturated rings. The smallest absolute Gasteiger partial charge is 0.205 e. The van der Waals surface area contributed by atoms with Gasteiger partial charge in [-0.05, 0) is 24.6 Å². The minimum absolute atomic E-state index is 0.436. The van der Waals surface area contributed by atoms with Crippen LogP contribution < -0.4 is 15.2 Å². The molecule has 1 aromatic heterocycles. The molecule has 3 aromatic rings. The first kappa shape index (κ1) is 13.3. The number of hydrogen-bond acceptors (Lipinski definition) is 4. The highest BCUT2D eigenvalue weighted by Crippen LogP contribution is 2.34. The second kappa shape index (κ2) is 5.01. The molecule has 3 rings (SSSR count). The monoisotopic (exact) mass is 283 g/mol. The van der Waals surface area contributed by atoms with E-state index in [1.54, 1.807) is 14.2 Å². The molecule has 108 valence electrons. The fourth-order valence-corrected chi connectivity index (χ4v) is 2.46. The molecule has 0 aliphatic rings. The number of nitrogens with zero attached hydrogens (tertiary/aromatic N) is 2. The van der Waals surface area contributed by atoms with Crippen LogP contribution in [0.4, 0.5) is 5.95 Å². The van der Waals surface area contributed by atoms with Crippen LogP contribution in [0, 0.1) is 6.92 Å². The Morgan fingerprint density at radius 3 is 2.43 bits per heavy atom. The second-order valence-corrected chi connectivity index (χ2v) is 4.84. The van der Waals surface area contributed by atoms with Crippen molar-refractivity contribution >= 4 is 17.0 Å². The fourth-order valence-electron chi connectivity index (χ4n) is 2.46. The lowest BCUT2D eigenvalue weighted by Gasteiger charge is -2.10. The number of fused-ring (bicyclic) bond motifs is 1. The number of nitrogens with two attached hydrogens (primary N) is 1. The quantitative estimate of drug-likeness (QED) is 0.802. The van der Waals surface area contributed by atoms with E-state index >= 15 is 0 Å². The van der Waals surface area contributed by atoms with Crippen molar-refractivity contribution in [2.45, 2.75) is 6.92 Å². The maximum Gasteiger partial charge on any atom is 0.205 e. The van der Waals surface area contributed by atoms with Gasteiger partial charge in [-0.25, -0.2) is 4.98 Å². The normalized spacial score (nSPS) is 10.8. The Bertz CT molecular complexity index is 809. The minimum atomic E-state index is 0.436. The molecule has 0 aliphatic heterocycles. The highest BCUT2D eigenvalue weighted by molar-refractivity contribution is 5.84. The van der Waals surface area contributed by atoms with Gasteiger partial charge in [0.2, 0.25) is 5.95 Å². The predicted octanol–water partition coefficient (Wildman–Crippen LogP) is 2.93. The van der Waals surface area contributed by atoms with Crippen LogP contribution in [-0.4, -0.2) is 23.8 Å². The van der Waals surface area contributed by atoms with Crippen molar-refractivity contribution in [1.82, 2.24) is 9.55 Å². The number of anilines is 1. The molecular weight excluding hydrogens is 266 g/mol. The second-order valence-electron chi connectivity index (χ2n) is 4.84. The van der Waals surface area contributed by atoms with Gasteiger partial charge >= 0.3 is 0 Å². The van der Waals surface area contributed by atoms with Crippen LogP contribution >= 0.6 is 0 Å². The van der Waals surface area contributed by atoms with E-state index in [4.69, 9.17) is 15.2 Å². The van der Waals surface area contributed by atoms with E-state index in [9.17, 15) is 0 Å². The molecule has 2 aromatic carbocycles. The molecular formula is C16H17N3O2. The zero-order valence-electron chi connectivity index (χ0n) is 12.3. The number of imidazole rings is 1. The van der Waals surface area contributed by atoms with Gasteiger partial charge in [0, 0.05) is 17.8 Å². The van der Waals surface area contributed by atoms with Crippen LogP contribution in [0.5, 0.6) is 11.5 Å². The molecule has 5 nitrogen and oxygen atoms in total. The summed E-state index contributed by atoms with van der Waals surface area (Å²) in [6.07, 6.45) is 0. The van der Waals surface area contributed by atoms with Gasteiger partial charge in [0.25, 0.3) is 0 Å². The predicted molar refractivity (Wildman–Crippen MR) is 83.3 cm³/mol. The van der Waals surface area contributed by atoms with Gasteiger partial charge in [0.1, 0.15) is 0 Å². The van der Waals surface area contributed by atoms with Gasteiger partial charge in [-0.1, -0.05) is 12.1 Å². The van der Waals surface area contributed by atoms with E-state index in [1.807, 2.05) is 41.8 Å². The number of methoxy groups -OCH3 is 2. The highest BCUT2D eigenvalue weighted by Gasteiger charge is 2.14. The van der Waals surface area contributed by atoms with Gasteiger partial charge in [-0.15, -0.1) is 0 Å². The van der Waals surface area contributed by atoms with E-state index in [-0.39, 0.29) is 0 Å². The number of benzene rings is 2. The van der Waals surface area contributed by atoms with E-state index in [1.165, 1.54) is 0 Å². The zero-order chi connectivity index (χ0) is 15.0. The van der Waals surface area contributed by atoms with Crippen LogP contribution in [0.25, 0.3) is 16.7 Å². The first-order chi connectivity index (χ1) is 10.1. The van der Waals surface area contributed by atoms with Crippen LogP contribution in [-0.2, 0) is 0 Å². The molecule has 0 radical (unpaired) electrons. The average molecular weight is 283 g/mol. The summed E-state index contributed by atoms with van der Waals surface area (Å²) in [7, 11) is 3.21. The maximum atomic E-state index is 6.09. The Labute approximate surface area is 122 Å². The fraction of sp³-hybridized carbons (Fsp3) is 0.188. The largest absolute Gasteiger partial charge is 0.493 e. The van der Waals surface area contributed by atoms with Crippen molar-refractivity contribution in [1.29, 1.82) is 0 Å². The van der Waals surface area contributed by atoms with Crippen LogP contribution in [0.3, 0.4) is 0 Å². The first-order valence-corrected chi connectivity index (χ1v) is 6.61. The third-order valence-corrected chi connectivity index (χ3v) is 3.45. The van der Waals surface area contributed by atoms with Gasteiger partial charge in [0.15, 0.2) is 11.5 Å². The van der Waals surface area contributed by atoms with Crippen molar-refractivity contribution in [3.63, 3.8) is 0 Å². The molecule has 0 amide bonds. The number of aryl methyl sites for hydroxylation is 1. The lowest BCUT2D eigenvalue weighted by Crippen LogP contribution is -2.01. The lowest BCUT2D eigenvalue weighted by atomic mass is 10.2. The third-order valence-electron chi connectivity index (χ3n) is 3.45. The molecule has 0 atom stereocenters. The summed E-state index contributed by atoms with van der Waals surface area (Å²) in [5.74, 6) is 1.73. The van der Waals surface area contributed by atoms with Crippen LogP contribution in [0.1, 0.15) is 5.56 Å². The Kier molecular flexibility index (Phi) is 3.17. The number of nitrogen functional groups attached to an aromatic ring is 1. The summed E-state index contributed by atoms with van der Waals surface area (Å²) >= 11 is 0. The van der Waals surface area contributed by atoms with Crippen molar-refractivity contribution < 1.29 is 9.47 Å². The van der Waals surface area contributed by atoms with Crippen molar-refractivity contribution in [3.8, 4) is 17.2 Å². The Morgan fingerprint density at radius 1 is 1.05 bits per heavy atom. The number of rotatable bonds is 3. The number of aromatic nitrogens is 2. The molecule has 2 N–H and O–H groups in total. The SMILES string of the molecule is COc1cc2nc(N)n(-c3cccc(C)c3)c2cc1OC.